The number of nitrogens with two attached hydrogens (primary N) is 1. The van der Waals surface area contributed by atoms with Crippen molar-refractivity contribution < 1.29 is 4.39 Å². The standard InChI is InChI=1S/C13H13FN2S/c1-8-11(13(15)6-7-13)17-12(16-8)9-4-2-3-5-10(9)14/h2-5H,6-7,15H2,1H3. The summed E-state index contributed by atoms with van der Waals surface area (Å²) in [5.74, 6) is -0.227. The third kappa shape index (κ3) is 1.77. The average Bonchev–Trinajstić information content (AvgIpc) is 2.91. The highest BCUT2D eigenvalue weighted by atomic mass is 32.1. The fourth-order valence-corrected chi connectivity index (χ4v) is 3.22. The number of aromatic nitrogens is 1. The lowest BCUT2D eigenvalue weighted by Crippen LogP contribution is -2.18. The Morgan fingerprint density at radius 3 is 2.71 bits per heavy atom. The molecule has 0 unspecified atom stereocenters. The van der Waals surface area contributed by atoms with E-state index < -0.39 is 0 Å². The molecule has 1 aromatic heterocycles. The number of benzene rings is 1. The van der Waals surface area contributed by atoms with Gasteiger partial charge in [-0.3, -0.25) is 0 Å². The Morgan fingerprint density at radius 1 is 1.35 bits per heavy atom. The van der Waals surface area contributed by atoms with Crippen molar-refractivity contribution >= 4 is 11.3 Å². The summed E-state index contributed by atoms with van der Waals surface area (Å²) >= 11 is 1.52. The number of rotatable bonds is 2. The molecule has 1 aliphatic rings. The van der Waals surface area contributed by atoms with Crippen LogP contribution in [0.1, 0.15) is 23.4 Å². The fraction of sp³-hybridized carbons (Fsp3) is 0.308. The van der Waals surface area contributed by atoms with Gasteiger partial charge in [-0.25, -0.2) is 9.37 Å². The molecule has 1 heterocycles. The highest BCUT2D eigenvalue weighted by Crippen LogP contribution is 2.47. The maximum atomic E-state index is 13.7. The molecule has 1 aliphatic carbocycles. The number of aryl methyl sites for hydroxylation is 1. The van der Waals surface area contributed by atoms with Gasteiger partial charge in [0.25, 0.3) is 0 Å². The lowest BCUT2D eigenvalue weighted by atomic mass is 10.2. The number of nitrogens with zero attached hydrogens (tertiary/aromatic N) is 1. The molecule has 0 spiro atoms. The zero-order valence-corrected chi connectivity index (χ0v) is 10.4. The first kappa shape index (κ1) is 10.9. The quantitative estimate of drug-likeness (QED) is 0.886. The normalized spacial score (nSPS) is 17.1. The summed E-state index contributed by atoms with van der Waals surface area (Å²) in [6.45, 7) is 1.95. The molecule has 2 nitrogen and oxygen atoms in total. The van der Waals surface area contributed by atoms with Crippen LogP contribution in [0.3, 0.4) is 0 Å². The van der Waals surface area contributed by atoms with Crippen molar-refractivity contribution in [3.8, 4) is 10.6 Å². The van der Waals surface area contributed by atoms with Crippen molar-refractivity contribution in [1.29, 1.82) is 0 Å². The van der Waals surface area contributed by atoms with E-state index in [1.54, 1.807) is 12.1 Å². The number of hydrogen-bond acceptors (Lipinski definition) is 3. The van der Waals surface area contributed by atoms with Gasteiger partial charge in [-0.05, 0) is 31.9 Å². The van der Waals surface area contributed by atoms with E-state index in [1.807, 2.05) is 13.0 Å². The predicted molar refractivity (Wildman–Crippen MR) is 67.3 cm³/mol. The van der Waals surface area contributed by atoms with Gasteiger partial charge in [0.1, 0.15) is 10.8 Å². The lowest BCUT2D eigenvalue weighted by Gasteiger charge is -2.04. The predicted octanol–water partition coefficient (Wildman–Crippen LogP) is 3.21. The molecule has 0 radical (unpaired) electrons. The number of halogens is 1. The van der Waals surface area contributed by atoms with Crippen LogP contribution in [0.25, 0.3) is 10.6 Å². The Bertz CT molecular complexity index is 573. The third-order valence-corrected chi connectivity index (χ3v) is 4.55. The van der Waals surface area contributed by atoms with Crippen LogP contribution in [0.5, 0.6) is 0 Å². The molecule has 1 fully saturated rings. The average molecular weight is 248 g/mol. The Morgan fingerprint density at radius 2 is 2.06 bits per heavy atom. The first-order valence-electron chi connectivity index (χ1n) is 5.62. The van der Waals surface area contributed by atoms with Gasteiger partial charge < -0.3 is 5.73 Å². The summed E-state index contributed by atoms with van der Waals surface area (Å²) in [6, 6.07) is 6.73. The van der Waals surface area contributed by atoms with Crippen molar-refractivity contribution in [1.82, 2.24) is 4.98 Å². The maximum Gasteiger partial charge on any atom is 0.133 e. The van der Waals surface area contributed by atoms with Gasteiger partial charge in [-0.1, -0.05) is 12.1 Å². The van der Waals surface area contributed by atoms with Gasteiger partial charge in [-0.15, -0.1) is 11.3 Å². The van der Waals surface area contributed by atoms with Crippen molar-refractivity contribution in [2.75, 3.05) is 0 Å². The van der Waals surface area contributed by atoms with Crippen LogP contribution >= 0.6 is 11.3 Å². The fourth-order valence-electron chi connectivity index (χ4n) is 1.97. The van der Waals surface area contributed by atoms with Crippen molar-refractivity contribution in [3.05, 3.63) is 40.7 Å². The molecule has 0 aliphatic heterocycles. The van der Waals surface area contributed by atoms with Crippen LogP contribution in [-0.4, -0.2) is 4.98 Å². The molecule has 17 heavy (non-hydrogen) atoms. The Kier molecular flexibility index (Phi) is 2.31. The summed E-state index contributed by atoms with van der Waals surface area (Å²) in [7, 11) is 0. The zero-order chi connectivity index (χ0) is 12.0. The van der Waals surface area contributed by atoms with Crippen LogP contribution in [0.4, 0.5) is 4.39 Å². The molecule has 0 amide bonds. The van der Waals surface area contributed by atoms with Crippen LogP contribution in [0.2, 0.25) is 0 Å². The van der Waals surface area contributed by atoms with E-state index in [9.17, 15) is 4.39 Å². The van der Waals surface area contributed by atoms with Gasteiger partial charge in [-0.2, -0.15) is 0 Å². The third-order valence-electron chi connectivity index (χ3n) is 3.14. The van der Waals surface area contributed by atoms with Crippen LogP contribution in [0.15, 0.2) is 24.3 Å². The minimum Gasteiger partial charge on any atom is -0.321 e. The van der Waals surface area contributed by atoms with Gasteiger partial charge in [0, 0.05) is 10.4 Å². The molecule has 88 valence electrons. The maximum absolute atomic E-state index is 13.7. The SMILES string of the molecule is Cc1nc(-c2ccccc2F)sc1C1(N)CC1. The van der Waals surface area contributed by atoms with Gasteiger partial charge in [0.2, 0.25) is 0 Å². The summed E-state index contributed by atoms with van der Waals surface area (Å²) < 4.78 is 13.7. The van der Waals surface area contributed by atoms with E-state index in [0.29, 0.717) is 5.56 Å². The molecule has 1 aromatic carbocycles. The molecule has 4 heteroatoms. The largest absolute Gasteiger partial charge is 0.321 e. The van der Waals surface area contributed by atoms with Crippen molar-refractivity contribution in [2.45, 2.75) is 25.3 Å². The van der Waals surface area contributed by atoms with Crippen LogP contribution in [0, 0.1) is 12.7 Å². The second kappa shape index (κ2) is 3.62. The summed E-state index contributed by atoms with van der Waals surface area (Å²) in [4.78, 5) is 5.55. The molecule has 3 rings (SSSR count). The minimum absolute atomic E-state index is 0.189. The molecule has 0 atom stereocenters. The molecular weight excluding hydrogens is 235 g/mol. The van der Waals surface area contributed by atoms with Crippen LogP contribution < -0.4 is 5.73 Å². The second-order valence-electron chi connectivity index (χ2n) is 4.57. The van der Waals surface area contributed by atoms with E-state index >= 15 is 0 Å². The molecule has 0 saturated heterocycles. The van der Waals surface area contributed by atoms with E-state index in [-0.39, 0.29) is 11.4 Å². The monoisotopic (exact) mass is 248 g/mol. The van der Waals surface area contributed by atoms with E-state index in [2.05, 4.69) is 4.98 Å². The van der Waals surface area contributed by atoms with E-state index in [1.165, 1.54) is 17.4 Å². The lowest BCUT2D eigenvalue weighted by molar-refractivity contribution is 0.631. The Hall–Kier alpha value is -1.26. The topological polar surface area (TPSA) is 38.9 Å². The smallest absolute Gasteiger partial charge is 0.133 e. The minimum atomic E-state index is -0.227. The first-order valence-corrected chi connectivity index (χ1v) is 6.43. The summed E-state index contributed by atoms with van der Waals surface area (Å²) in [5, 5.41) is 0.729. The Balaban J connectivity index is 2.08. The van der Waals surface area contributed by atoms with Crippen molar-refractivity contribution in [3.63, 3.8) is 0 Å². The molecule has 2 aromatic rings. The molecule has 0 bridgehead atoms. The van der Waals surface area contributed by atoms with Gasteiger partial charge in [0.05, 0.1) is 11.2 Å². The van der Waals surface area contributed by atoms with Crippen LogP contribution in [-0.2, 0) is 5.54 Å². The second-order valence-corrected chi connectivity index (χ2v) is 5.57. The highest BCUT2D eigenvalue weighted by Gasteiger charge is 2.43. The number of hydrogen-bond donors (Lipinski definition) is 1. The summed E-state index contributed by atoms with van der Waals surface area (Å²) in [5.41, 5.74) is 7.49. The molecular formula is C13H13FN2S. The zero-order valence-electron chi connectivity index (χ0n) is 9.53. The molecule has 1 saturated carbocycles. The van der Waals surface area contributed by atoms with Crippen molar-refractivity contribution in [2.24, 2.45) is 5.73 Å². The molecule has 2 N–H and O–H groups in total. The first-order chi connectivity index (χ1) is 8.10. The number of thiazole rings is 1. The van der Waals surface area contributed by atoms with E-state index in [4.69, 9.17) is 5.73 Å². The highest BCUT2D eigenvalue weighted by molar-refractivity contribution is 7.15. The van der Waals surface area contributed by atoms with Gasteiger partial charge in [0.15, 0.2) is 0 Å². The van der Waals surface area contributed by atoms with Gasteiger partial charge >= 0.3 is 0 Å². The summed E-state index contributed by atoms with van der Waals surface area (Å²) in [6.07, 6.45) is 2.01. The Labute approximate surface area is 103 Å². The van der Waals surface area contributed by atoms with E-state index in [0.717, 1.165) is 28.4 Å².